The first-order valence-corrected chi connectivity index (χ1v) is 7.29. The highest BCUT2D eigenvalue weighted by Crippen LogP contribution is 2.33. The number of halogens is 2. The van der Waals surface area contributed by atoms with Crippen LogP contribution in [0.25, 0.3) is 10.9 Å². The smallest absolute Gasteiger partial charge is 0.387 e. The summed E-state index contributed by atoms with van der Waals surface area (Å²) in [5, 5.41) is 19.6. The largest absolute Gasteiger partial charge is 0.435 e. The molecule has 0 amide bonds. The summed E-state index contributed by atoms with van der Waals surface area (Å²) < 4.78 is 29.3. The van der Waals surface area contributed by atoms with Gasteiger partial charge in [-0.05, 0) is 31.0 Å². The van der Waals surface area contributed by atoms with Crippen molar-refractivity contribution in [2.45, 2.75) is 25.6 Å². The van der Waals surface area contributed by atoms with Gasteiger partial charge in [0, 0.05) is 24.7 Å². The number of fused-ring (bicyclic) bond motifs is 1. The van der Waals surface area contributed by atoms with Gasteiger partial charge in [-0.3, -0.25) is 4.98 Å². The molecule has 7 heteroatoms. The number of hydrogen-bond donors (Lipinski definition) is 1. The molecule has 2 aromatic rings. The predicted octanol–water partition coefficient (Wildman–Crippen LogP) is 2.67. The minimum atomic E-state index is -2.91. The maximum Gasteiger partial charge on any atom is 0.387 e. The molecule has 0 spiro atoms. The maximum absolute atomic E-state index is 12.4. The van der Waals surface area contributed by atoms with Gasteiger partial charge in [0.25, 0.3) is 0 Å². The summed E-state index contributed by atoms with van der Waals surface area (Å²) >= 11 is 0. The number of aromatic nitrogens is 1. The molecule has 0 saturated carbocycles. The third-order valence-electron chi connectivity index (χ3n) is 3.94. The van der Waals surface area contributed by atoms with Crippen molar-refractivity contribution < 1.29 is 18.6 Å². The summed E-state index contributed by atoms with van der Waals surface area (Å²) in [5.41, 5.74) is 1.64. The van der Waals surface area contributed by atoms with Crippen LogP contribution in [-0.4, -0.2) is 35.9 Å². The average molecular weight is 319 g/mol. The van der Waals surface area contributed by atoms with Crippen molar-refractivity contribution in [2.75, 3.05) is 18.0 Å². The van der Waals surface area contributed by atoms with E-state index in [-0.39, 0.29) is 11.9 Å². The molecule has 23 heavy (non-hydrogen) atoms. The molecular formula is C16H15F2N3O2. The number of nitrogens with zero attached hydrogens (tertiary/aromatic N) is 3. The molecule has 0 unspecified atom stereocenters. The Bertz CT molecular complexity index is 753. The van der Waals surface area contributed by atoms with Crippen LogP contribution in [0.15, 0.2) is 24.4 Å². The maximum atomic E-state index is 12.4. The molecule has 1 aliphatic rings. The Morgan fingerprint density at radius 2 is 2.09 bits per heavy atom. The van der Waals surface area contributed by atoms with Crippen LogP contribution in [0.5, 0.6) is 5.75 Å². The van der Waals surface area contributed by atoms with E-state index in [0.717, 1.165) is 0 Å². The highest BCUT2D eigenvalue weighted by Gasteiger charge is 2.22. The van der Waals surface area contributed by atoms with E-state index in [1.54, 1.807) is 6.07 Å². The first kappa shape index (κ1) is 15.4. The lowest BCUT2D eigenvalue weighted by molar-refractivity contribution is -0.0497. The number of aliphatic hydroxyl groups excluding tert-OH is 1. The SMILES string of the molecule is N#Cc1cnc2ccc(OC(F)F)cc2c1N1CCC(O)CC1. The Labute approximate surface area is 131 Å². The Balaban J connectivity index is 2.10. The van der Waals surface area contributed by atoms with Gasteiger partial charge in [0.2, 0.25) is 0 Å². The molecule has 0 bridgehead atoms. The molecule has 1 aliphatic heterocycles. The number of piperidine rings is 1. The number of pyridine rings is 1. The van der Waals surface area contributed by atoms with Gasteiger partial charge in [0.15, 0.2) is 0 Å². The normalized spacial score (nSPS) is 15.9. The first-order chi connectivity index (χ1) is 11.1. The highest BCUT2D eigenvalue weighted by molar-refractivity contribution is 5.95. The third kappa shape index (κ3) is 3.17. The second-order valence-corrected chi connectivity index (χ2v) is 5.41. The molecule has 0 atom stereocenters. The lowest BCUT2D eigenvalue weighted by atomic mass is 10.0. The molecule has 2 heterocycles. The average Bonchev–Trinajstić information content (AvgIpc) is 2.54. The minimum absolute atomic E-state index is 0.0303. The summed E-state index contributed by atoms with van der Waals surface area (Å²) in [5.74, 6) is 0.0303. The number of rotatable bonds is 3. The highest BCUT2D eigenvalue weighted by atomic mass is 19.3. The van der Waals surface area contributed by atoms with Crippen LogP contribution < -0.4 is 9.64 Å². The quantitative estimate of drug-likeness (QED) is 0.942. The van der Waals surface area contributed by atoms with Crippen LogP contribution in [0.4, 0.5) is 14.5 Å². The molecule has 1 fully saturated rings. The van der Waals surface area contributed by atoms with Crippen molar-refractivity contribution in [3.05, 3.63) is 30.0 Å². The van der Waals surface area contributed by atoms with Crippen LogP contribution in [0.3, 0.4) is 0 Å². The predicted molar refractivity (Wildman–Crippen MR) is 80.5 cm³/mol. The second-order valence-electron chi connectivity index (χ2n) is 5.41. The number of hydrogen-bond acceptors (Lipinski definition) is 5. The van der Waals surface area contributed by atoms with Gasteiger partial charge in [-0.1, -0.05) is 0 Å². The summed E-state index contributed by atoms with van der Waals surface area (Å²) in [4.78, 5) is 6.19. The molecule has 0 radical (unpaired) electrons. The number of nitriles is 1. The monoisotopic (exact) mass is 319 g/mol. The fourth-order valence-corrected chi connectivity index (χ4v) is 2.85. The van der Waals surface area contributed by atoms with E-state index in [1.807, 2.05) is 4.90 Å². The zero-order valence-electron chi connectivity index (χ0n) is 12.2. The van der Waals surface area contributed by atoms with Crippen molar-refractivity contribution in [2.24, 2.45) is 0 Å². The standard InChI is InChI=1S/C16H15F2N3O2/c17-16(18)23-12-1-2-14-13(7-12)15(10(8-19)9-20-14)21-5-3-11(22)4-6-21/h1-2,7,9,11,16,22H,3-6H2. The Morgan fingerprint density at radius 3 is 2.74 bits per heavy atom. The molecule has 0 aliphatic carbocycles. The Morgan fingerprint density at radius 1 is 1.35 bits per heavy atom. The fourth-order valence-electron chi connectivity index (χ4n) is 2.85. The van der Waals surface area contributed by atoms with E-state index in [4.69, 9.17) is 0 Å². The van der Waals surface area contributed by atoms with Gasteiger partial charge in [0.1, 0.15) is 11.8 Å². The summed E-state index contributed by atoms with van der Waals surface area (Å²) in [6.45, 7) is -1.72. The van der Waals surface area contributed by atoms with Crippen molar-refractivity contribution in [3.8, 4) is 11.8 Å². The number of benzene rings is 1. The van der Waals surface area contributed by atoms with Gasteiger partial charge in [-0.25, -0.2) is 0 Å². The molecule has 5 nitrogen and oxygen atoms in total. The zero-order chi connectivity index (χ0) is 16.4. The van der Waals surface area contributed by atoms with E-state index in [9.17, 15) is 19.1 Å². The summed E-state index contributed by atoms with van der Waals surface area (Å²) in [6, 6.07) is 6.60. The van der Waals surface area contributed by atoms with Gasteiger partial charge in [-0.2, -0.15) is 14.0 Å². The number of anilines is 1. The van der Waals surface area contributed by atoms with Crippen molar-refractivity contribution in [1.29, 1.82) is 5.26 Å². The lowest BCUT2D eigenvalue weighted by Crippen LogP contribution is -2.36. The topological polar surface area (TPSA) is 69.4 Å². The third-order valence-corrected chi connectivity index (χ3v) is 3.94. The Kier molecular flexibility index (Phi) is 4.26. The van der Waals surface area contributed by atoms with Crippen LogP contribution in [0, 0.1) is 11.3 Å². The van der Waals surface area contributed by atoms with E-state index in [2.05, 4.69) is 15.8 Å². The van der Waals surface area contributed by atoms with Gasteiger partial charge < -0.3 is 14.7 Å². The summed E-state index contributed by atoms with van der Waals surface area (Å²) in [7, 11) is 0. The van der Waals surface area contributed by atoms with Gasteiger partial charge >= 0.3 is 6.61 Å². The Hall–Kier alpha value is -2.46. The van der Waals surface area contributed by atoms with Crippen LogP contribution in [-0.2, 0) is 0 Å². The molecular weight excluding hydrogens is 304 g/mol. The molecule has 3 rings (SSSR count). The molecule has 1 aromatic heterocycles. The van der Waals surface area contributed by atoms with E-state index < -0.39 is 6.61 Å². The molecule has 1 saturated heterocycles. The summed E-state index contributed by atoms with van der Waals surface area (Å²) in [6.07, 6.45) is 2.34. The minimum Gasteiger partial charge on any atom is -0.435 e. The zero-order valence-corrected chi connectivity index (χ0v) is 12.2. The number of aliphatic hydroxyl groups is 1. The molecule has 1 N–H and O–H groups in total. The van der Waals surface area contributed by atoms with E-state index in [1.165, 1.54) is 18.3 Å². The van der Waals surface area contributed by atoms with Crippen molar-refractivity contribution >= 4 is 16.6 Å². The van der Waals surface area contributed by atoms with E-state index in [0.29, 0.717) is 48.1 Å². The van der Waals surface area contributed by atoms with Crippen molar-refractivity contribution in [1.82, 2.24) is 4.98 Å². The molecule has 120 valence electrons. The van der Waals surface area contributed by atoms with Gasteiger partial charge in [0.05, 0.1) is 22.9 Å². The first-order valence-electron chi connectivity index (χ1n) is 7.29. The van der Waals surface area contributed by atoms with Gasteiger partial charge in [-0.15, -0.1) is 0 Å². The van der Waals surface area contributed by atoms with Crippen molar-refractivity contribution in [3.63, 3.8) is 0 Å². The fraction of sp³-hybridized carbons (Fsp3) is 0.375. The number of ether oxygens (including phenoxy) is 1. The molecule has 1 aromatic carbocycles. The van der Waals surface area contributed by atoms with Crippen LogP contribution >= 0.6 is 0 Å². The lowest BCUT2D eigenvalue weighted by Gasteiger charge is -2.32. The van der Waals surface area contributed by atoms with Crippen LogP contribution in [0.1, 0.15) is 18.4 Å². The second kappa shape index (κ2) is 6.34. The van der Waals surface area contributed by atoms with E-state index >= 15 is 0 Å². The van der Waals surface area contributed by atoms with Crippen LogP contribution in [0.2, 0.25) is 0 Å². The number of alkyl halides is 2.